The molecule has 1 aromatic rings. The average molecular weight is 252 g/mol. The molecule has 1 heterocycles. The lowest BCUT2D eigenvalue weighted by Gasteiger charge is -2.39. The van der Waals surface area contributed by atoms with Crippen molar-refractivity contribution in [2.75, 3.05) is 33.3 Å². The first-order valence-corrected chi connectivity index (χ1v) is 6.35. The average Bonchev–Trinajstić information content (AvgIpc) is 2.30. The Labute approximate surface area is 108 Å². The normalized spacial score (nSPS) is 17.8. The van der Waals surface area contributed by atoms with Crippen LogP contribution in [0.3, 0.4) is 0 Å². The standard InChI is InChI=1S/C14H21FN2O/c1-14(10-16-11-14)18-8-7-17(2)9-12-3-5-13(15)6-4-12/h3-6,16H,7-11H2,1-2H3. The van der Waals surface area contributed by atoms with Crippen molar-refractivity contribution in [3.05, 3.63) is 35.6 Å². The van der Waals surface area contributed by atoms with E-state index in [-0.39, 0.29) is 11.4 Å². The van der Waals surface area contributed by atoms with E-state index in [9.17, 15) is 4.39 Å². The van der Waals surface area contributed by atoms with Gasteiger partial charge in [-0.1, -0.05) is 12.1 Å². The van der Waals surface area contributed by atoms with E-state index >= 15 is 0 Å². The van der Waals surface area contributed by atoms with E-state index in [4.69, 9.17) is 4.74 Å². The van der Waals surface area contributed by atoms with Crippen molar-refractivity contribution in [3.8, 4) is 0 Å². The van der Waals surface area contributed by atoms with E-state index in [0.29, 0.717) is 0 Å². The summed E-state index contributed by atoms with van der Waals surface area (Å²) >= 11 is 0. The Kier molecular flexibility index (Phi) is 4.32. The quantitative estimate of drug-likeness (QED) is 0.833. The summed E-state index contributed by atoms with van der Waals surface area (Å²) in [4.78, 5) is 2.18. The highest BCUT2D eigenvalue weighted by Gasteiger charge is 2.32. The van der Waals surface area contributed by atoms with Crippen LogP contribution in [0.15, 0.2) is 24.3 Å². The molecule has 18 heavy (non-hydrogen) atoms. The van der Waals surface area contributed by atoms with Crippen LogP contribution in [0.2, 0.25) is 0 Å². The van der Waals surface area contributed by atoms with Gasteiger partial charge >= 0.3 is 0 Å². The summed E-state index contributed by atoms with van der Waals surface area (Å²) in [6.07, 6.45) is 0. The molecule has 1 saturated heterocycles. The van der Waals surface area contributed by atoms with E-state index in [1.165, 1.54) is 12.1 Å². The molecular formula is C14H21FN2O. The minimum atomic E-state index is -0.185. The molecule has 0 radical (unpaired) electrons. The van der Waals surface area contributed by atoms with Gasteiger partial charge in [0, 0.05) is 26.2 Å². The van der Waals surface area contributed by atoms with Gasteiger partial charge in [-0.2, -0.15) is 0 Å². The van der Waals surface area contributed by atoms with Gasteiger partial charge in [-0.15, -0.1) is 0 Å². The number of benzene rings is 1. The van der Waals surface area contributed by atoms with Crippen molar-refractivity contribution in [3.63, 3.8) is 0 Å². The molecule has 0 unspecified atom stereocenters. The van der Waals surface area contributed by atoms with Crippen molar-refractivity contribution < 1.29 is 9.13 Å². The molecule has 0 atom stereocenters. The summed E-state index contributed by atoms with van der Waals surface area (Å²) in [5, 5.41) is 3.21. The third-order valence-electron chi connectivity index (χ3n) is 3.29. The highest BCUT2D eigenvalue weighted by Crippen LogP contribution is 2.15. The van der Waals surface area contributed by atoms with Gasteiger partial charge in [-0.05, 0) is 31.7 Å². The first kappa shape index (κ1) is 13.5. The zero-order valence-corrected chi connectivity index (χ0v) is 11.1. The van der Waals surface area contributed by atoms with Gasteiger partial charge in [0.1, 0.15) is 5.82 Å². The first-order valence-electron chi connectivity index (χ1n) is 6.35. The van der Waals surface area contributed by atoms with Gasteiger partial charge in [-0.3, -0.25) is 4.90 Å². The van der Waals surface area contributed by atoms with E-state index in [0.717, 1.165) is 38.3 Å². The van der Waals surface area contributed by atoms with Crippen molar-refractivity contribution in [1.29, 1.82) is 0 Å². The summed E-state index contributed by atoms with van der Waals surface area (Å²) in [5.74, 6) is -0.185. The Hall–Kier alpha value is -0.970. The minimum absolute atomic E-state index is 0.0245. The van der Waals surface area contributed by atoms with E-state index in [1.807, 2.05) is 19.2 Å². The molecule has 2 rings (SSSR count). The van der Waals surface area contributed by atoms with Crippen LogP contribution in [0.4, 0.5) is 4.39 Å². The van der Waals surface area contributed by atoms with Gasteiger partial charge in [0.15, 0.2) is 0 Å². The second-order valence-electron chi connectivity index (χ2n) is 5.27. The highest BCUT2D eigenvalue weighted by molar-refractivity contribution is 5.15. The summed E-state index contributed by atoms with van der Waals surface area (Å²) in [6, 6.07) is 6.65. The number of hydrogen-bond acceptors (Lipinski definition) is 3. The maximum Gasteiger partial charge on any atom is 0.123 e. The number of nitrogens with one attached hydrogen (secondary N) is 1. The Morgan fingerprint density at radius 3 is 2.56 bits per heavy atom. The molecular weight excluding hydrogens is 231 g/mol. The van der Waals surface area contributed by atoms with Crippen LogP contribution in [-0.2, 0) is 11.3 Å². The van der Waals surface area contributed by atoms with E-state index in [2.05, 4.69) is 17.1 Å². The molecule has 1 aliphatic heterocycles. The molecule has 0 spiro atoms. The number of likely N-dealkylation sites (N-methyl/N-ethyl adjacent to an activating group) is 1. The number of ether oxygens (including phenoxy) is 1. The molecule has 3 nitrogen and oxygen atoms in total. The first-order chi connectivity index (χ1) is 8.57. The van der Waals surface area contributed by atoms with Crippen LogP contribution in [0.25, 0.3) is 0 Å². The van der Waals surface area contributed by atoms with Gasteiger partial charge in [0.25, 0.3) is 0 Å². The fourth-order valence-electron chi connectivity index (χ4n) is 2.01. The number of hydrogen-bond donors (Lipinski definition) is 1. The summed E-state index contributed by atoms with van der Waals surface area (Å²) in [7, 11) is 2.05. The largest absolute Gasteiger partial charge is 0.371 e. The van der Waals surface area contributed by atoms with Crippen LogP contribution < -0.4 is 5.32 Å². The van der Waals surface area contributed by atoms with Crippen molar-refractivity contribution >= 4 is 0 Å². The van der Waals surface area contributed by atoms with E-state index in [1.54, 1.807) is 0 Å². The van der Waals surface area contributed by atoms with Crippen LogP contribution >= 0.6 is 0 Å². The van der Waals surface area contributed by atoms with Crippen LogP contribution in [0.5, 0.6) is 0 Å². The number of halogens is 1. The van der Waals surface area contributed by atoms with Crippen LogP contribution in [0.1, 0.15) is 12.5 Å². The number of nitrogens with zero attached hydrogens (tertiary/aromatic N) is 1. The van der Waals surface area contributed by atoms with Crippen molar-refractivity contribution in [2.45, 2.75) is 19.1 Å². The Morgan fingerprint density at radius 1 is 1.33 bits per heavy atom. The topological polar surface area (TPSA) is 24.5 Å². The zero-order chi connectivity index (χ0) is 13.0. The smallest absolute Gasteiger partial charge is 0.123 e. The third-order valence-corrected chi connectivity index (χ3v) is 3.29. The molecule has 4 heteroatoms. The van der Waals surface area contributed by atoms with Crippen LogP contribution in [-0.4, -0.2) is 43.8 Å². The molecule has 1 aromatic carbocycles. The van der Waals surface area contributed by atoms with E-state index < -0.39 is 0 Å². The predicted molar refractivity (Wildman–Crippen MR) is 70.0 cm³/mol. The van der Waals surface area contributed by atoms with Crippen molar-refractivity contribution in [2.24, 2.45) is 0 Å². The molecule has 0 aromatic heterocycles. The maximum atomic E-state index is 12.8. The fourth-order valence-corrected chi connectivity index (χ4v) is 2.01. The summed E-state index contributed by atoms with van der Waals surface area (Å²) < 4.78 is 18.6. The highest BCUT2D eigenvalue weighted by atomic mass is 19.1. The maximum absolute atomic E-state index is 12.8. The lowest BCUT2D eigenvalue weighted by atomic mass is 10.0. The molecule has 0 bridgehead atoms. The van der Waals surface area contributed by atoms with Gasteiger partial charge in [-0.25, -0.2) is 4.39 Å². The van der Waals surface area contributed by atoms with Gasteiger partial charge < -0.3 is 10.1 Å². The SMILES string of the molecule is CN(CCOC1(C)CNC1)Cc1ccc(F)cc1. The Morgan fingerprint density at radius 2 is 2.00 bits per heavy atom. The molecule has 1 N–H and O–H groups in total. The molecule has 0 aliphatic carbocycles. The molecule has 1 aliphatic rings. The summed E-state index contributed by atoms with van der Waals surface area (Å²) in [6.45, 7) is 6.44. The Balaban J connectivity index is 1.68. The second kappa shape index (κ2) is 5.78. The molecule has 0 amide bonds. The minimum Gasteiger partial charge on any atom is -0.371 e. The van der Waals surface area contributed by atoms with Crippen molar-refractivity contribution in [1.82, 2.24) is 10.2 Å². The van der Waals surface area contributed by atoms with Gasteiger partial charge in [0.2, 0.25) is 0 Å². The number of rotatable bonds is 6. The third kappa shape index (κ3) is 3.77. The molecule has 100 valence electrons. The van der Waals surface area contributed by atoms with Crippen LogP contribution in [0, 0.1) is 5.82 Å². The lowest BCUT2D eigenvalue weighted by molar-refractivity contribution is -0.0712. The second-order valence-corrected chi connectivity index (χ2v) is 5.27. The van der Waals surface area contributed by atoms with Gasteiger partial charge in [0.05, 0.1) is 12.2 Å². The predicted octanol–water partition coefficient (Wildman–Crippen LogP) is 1.64. The molecule has 1 fully saturated rings. The summed E-state index contributed by atoms with van der Waals surface area (Å²) in [5.41, 5.74) is 1.15. The molecule has 0 saturated carbocycles. The Bertz CT molecular complexity index is 376. The zero-order valence-electron chi connectivity index (χ0n) is 11.1. The fraction of sp³-hybridized carbons (Fsp3) is 0.571. The lowest BCUT2D eigenvalue weighted by Crippen LogP contribution is -2.59. The monoisotopic (exact) mass is 252 g/mol.